The van der Waals surface area contributed by atoms with Gasteiger partial charge in [-0.15, -0.1) is 0 Å². The molecule has 0 radical (unpaired) electrons. The Kier molecular flexibility index (Phi) is 6.55. The topological polar surface area (TPSA) is 102 Å². The first-order chi connectivity index (χ1) is 18.1. The molecule has 5 rings (SSSR count). The zero-order chi connectivity index (χ0) is 27.0. The summed E-state index contributed by atoms with van der Waals surface area (Å²) in [5.41, 5.74) is 0.142. The van der Waals surface area contributed by atoms with E-state index >= 15 is 0 Å². The molecule has 2 aliphatic rings. The molecule has 12 heteroatoms. The number of benzene rings is 2. The van der Waals surface area contributed by atoms with Crippen LogP contribution in [-0.4, -0.2) is 23.2 Å². The van der Waals surface area contributed by atoms with Crippen LogP contribution in [0, 0.1) is 5.82 Å². The Morgan fingerprint density at radius 1 is 1.18 bits per heavy atom. The van der Waals surface area contributed by atoms with Gasteiger partial charge in [0.15, 0.2) is 6.23 Å². The summed E-state index contributed by atoms with van der Waals surface area (Å²) in [5, 5.41) is 7.70. The van der Waals surface area contributed by atoms with Gasteiger partial charge >= 0.3 is 12.2 Å². The summed E-state index contributed by atoms with van der Waals surface area (Å²) in [7, 11) is 0. The minimum absolute atomic E-state index is 0.105. The summed E-state index contributed by atoms with van der Waals surface area (Å²) >= 11 is 0. The van der Waals surface area contributed by atoms with E-state index < -0.39 is 36.4 Å². The molecule has 198 valence electrons. The predicted octanol–water partition coefficient (Wildman–Crippen LogP) is 5.24. The van der Waals surface area contributed by atoms with Crippen molar-refractivity contribution in [1.82, 2.24) is 15.6 Å². The Balaban J connectivity index is 1.23. The summed E-state index contributed by atoms with van der Waals surface area (Å²) in [6.45, 7) is 1.37. The summed E-state index contributed by atoms with van der Waals surface area (Å²) < 4.78 is 64.8. The van der Waals surface area contributed by atoms with Crippen LogP contribution >= 0.6 is 0 Å². The number of hydrogen-bond donors (Lipinski definition) is 3. The van der Waals surface area contributed by atoms with Gasteiger partial charge < -0.3 is 25.4 Å². The number of ether oxygens (including phenoxy) is 2. The number of hydrogen-bond acceptors (Lipinski definition) is 5. The van der Waals surface area contributed by atoms with Crippen LogP contribution in [0.2, 0.25) is 0 Å². The van der Waals surface area contributed by atoms with E-state index in [0.717, 1.165) is 23.3 Å². The monoisotopic (exact) mass is 530 g/mol. The van der Waals surface area contributed by atoms with Gasteiger partial charge in [-0.3, -0.25) is 4.79 Å². The average molecular weight is 530 g/mol. The van der Waals surface area contributed by atoms with Crippen molar-refractivity contribution in [3.63, 3.8) is 0 Å². The van der Waals surface area contributed by atoms with E-state index in [1.54, 1.807) is 30.5 Å². The first kappa shape index (κ1) is 25.3. The minimum Gasteiger partial charge on any atom is -0.470 e. The highest BCUT2D eigenvalue weighted by molar-refractivity contribution is 5.93. The van der Waals surface area contributed by atoms with E-state index in [0.29, 0.717) is 42.0 Å². The second-order valence-corrected chi connectivity index (χ2v) is 8.94. The van der Waals surface area contributed by atoms with Crippen molar-refractivity contribution in [1.29, 1.82) is 0 Å². The van der Waals surface area contributed by atoms with E-state index in [1.807, 2.05) is 6.92 Å². The smallest absolute Gasteiger partial charge is 0.416 e. The third kappa shape index (κ3) is 5.20. The van der Waals surface area contributed by atoms with E-state index in [4.69, 9.17) is 9.47 Å². The van der Waals surface area contributed by atoms with Crippen LogP contribution in [0.1, 0.15) is 41.5 Å². The van der Waals surface area contributed by atoms with E-state index in [2.05, 4.69) is 20.9 Å². The number of anilines is 1. The quantitative estimate of drug-likeness (QED) is 0.392. The molecule has 3 heterocycles. The standard InChI is InChI=1S/C26H22F4N4O4/c1-13-18-11-16(37-21-8-9-31-23-17(21)5-7-22(35)33-23)4-6-20(18)38-24(13)34-25(36)32-12-14-2-3-15(27)10-19(14)26(28,29)30/h2-4,6,8-11,13,24H,5,7,12H2,1H3,(H,31,33,35)(H2,32,34,36)/t13-,24+/m0/s1. The van der Waals surface area contributed by atoms with Gasteiger partial charge in [-0.25, -0.2) is 14.2 Å². The molecule has 3 aromatic rings. The highest BCUT2D eigenvalue weighted by atomic mass is 19.4. The lowest BCUT2D eigenvalue weighted by atomic mass is 10.0. The minimum atomic E-state index is -4.76. The SMILES string of the molecule is C[C@H]1c2cc(Oc3ccnc4c3CCC(=O)N4)ccc2O[C@H]1NC(=O)NCc1ccc(F)cc1C(F)(F)F. The predicted molar refractivity (Wildman–Crippen MR) is 127 cm³/mol. The summed E-state index contributed by atoms with van der Waals surface area (Å²) in [6.07, 6.45) is -3.17. The molecule has 0 saturated carbocycles. The molecule has 0 saturated heterocycles. The van der Waals surface area contributed by atoms with Gasteiger partial charge in [0.25, 0.3) is 0 Å². The average Bonchev–Trinajstić information content (AvgIpc) is 3.17. The second kappa shape index (κ2) is 9.84. The lowest BCUT2D eigenvalue weighted by molar-refractivity contribution is -0.138. The normalized spacial score (nSPS) is 18.1. The molecule has 3 amide bonds. The van der Waals surface area contributed by atoms with Gasteiger partial charge in [-0.05, 0) is 48.4 Å². The molecule has 0 aliphatic carbocycles. The molecule has 2 aromatic carbocycles. The number of pyridine rings is 1. The van der Waals surface area contributed by atoms with Crippen molar-refractivity contribution in [2.45, 2.75) is 44.6 Å². The fraction of sp³-hybridized carbons (Fsp3) is 0.269. The van der Waals surface area contributed by atoms with Gasteiger partial charge in [0.1, 0.15) is 28.9 Å². The highest BCUT2D eigenvalue weighted by Gasteiger charge is 2.35. The molecule has 8 nitrogen and oxygen atoms in total. The molecular formula is C26H22F4N4O4. The Bertz CT molecular complexity index is 1410. The van der Waals surface area contributed by atoms with Gasteiger partial charge in [-0.1, -0.05) is 13.0 Å². The first-order valence-corrected chi connectivity index (χ1v) is 11.7. The molecule has 2 atom stereocenters. The molecular weight excluding hydrogens is 508 g/mol. The summed E-state index contributed by atoms with van der Waals surface area (Å²) in [5.74, 6) is 0.649. The fourth-order valence-corrected chi connectivity index (χ4v) is 4.41. The Morgan fingerprint density at radius 3 is 2.79 bits per heavy atom. The number of carbonyl (C=O) groups is 2. The number of alkyl halides is 3. The molecule has 3 N–H and O–H groups in total. The van der Waals surface area contributed by atoms with Crippen molar-refractivity contribution in [2.24, 2.45) is 0 Å². The number of amides is 3. The second-order valence-electron chi connectivity index (χ2n) is 8.94. The lowest BCUT2D eigenvalue weighted by Gasteiger charge is -2.19. The zero-order valence-electron chi connectivity index (χ0n) is 20.0. The van der Waals surface area contributed by atoms with Crippen LogP contribution in [0.3, 0.4) is 0 Å². The van der Waals surface area contributed by atoms with Crippen LogP contribution in [0.4, 0.5) is 28.2 Å². The van der Waals surface area contributed by atoms with Crippen LogP contribution in [0.15, 0.2) is 48.7 Å². The van der Waals surface area contributed by atoms with E-state index in [9.17, 15) is 27.2 Å². The number of nitrogens with one attached hydrogen (secondary N) is 3. The largest absolute Gasteiger partial charge is 0.470 e. The van der Waals surface area contributed by atoms with Crippen LogP contribution in [0.25, 0.3) is 0 Å². The number of aromatic nitrogens is 1. The van der Waals surface area contributed by atoms with E-state index in [-0.39, 0.29) is 17.4 Å². The number of urea groups is 1. The van der Waals surface area contributed by atoms with Crippen molar-refractivity contribution < 1.29 is 36.6 Å². The Labute approximate surface area is 214 Å². The highest BCUT2D eigenvalue weighted by Crippen LogP contribution is 2.41. The maximum Gasteiger partial charge on any atom is 0.416 e. The number of fused-ring (bicyclic) bond motifs is 2. The lowest BCUT2D eigenvalue weighted by Crippen LogP contribution is -2.45. The molecule has 0 spiro atoms. The Hall–Kier alpha value is -4.35. The van der Waals surface area contributed by atoms with Crippen molar-refractivity contribution >= 4 is 17.8 Å². The number of carbonyl (C=O) groups excluding carboxylic acids is 2. The number of nitrogens with zero attached hydrogens (tertiary/aromatic N) is 1. The summed E-state index contributed by atoms with van der Waals surface area (Å²) in [4.78, 5) is 28.3. The van der Waals surface area contributed by atoms with Crippen molar-refractivity contribution in [3.8, 4) is 17.2 Å². The van der Waals surface area contributed by atoms with E-state index in [1.165, 1.54) is 0 Å². The van der Waals surface area contributed by atoms with Gasteiger partial charge in [0, 0.05) is 36.2 Å². The maximum absolute atomic E-state index is 13.3. The van der Waals surface area contributed by atoms with Crippen LogP contribution in [0.5, 0.6) is 17.2 Å². The molecule has 38 heavy (non-hydrogen) atoms. The van der Waals surface area contributed by atoms with Crippen molar-refractivity contribution in [3.05, 3.63) is 76.7 Å². The van der Waals surface area contributed by atoms with Gasteiger partial charge in [0.2, 0.25) is 5.91 Å². The third-order valence-corrected chi connectivity index (χ3v) is 6.37. The molecule has 2 aliphatic heterocycles. The van der Waals surface area contributed by atoms with Crippen LogP contribution in [-0.2, 0) is 23.9 Å². The van der Waals surface area contributed by atoms with Crippen LogP contribution < -0.4 is 25.4 Å². The molecule has 0 unspecified atom stereocenters. The fourth-order valence-electron chi connectivity index (χ4n) is 4.41. The van der Waals surface area contributed by atoms with Crippen molar-refractivity contribution in [2.75, 3.05) is 5.32 Å². The van der Waals surface area contributed by atoms with Gasteiger partial charge in [-0.2, -0.15) is 13.2 Å². The first-order valence-electron chi connectivity index (χ1n) is 11.7. The maximum atomic E-state index is 13.3. The molecule has 0 bridgehead atoms. The summed E-state index contributed by atoms with van der Waals surface area (Å²) in [6, 6.07) is 8.43. The number of rotatable bonds is 5. The molecule has 1 aromatic heterocycles. The van der Waals surface area contributed by atoms with Gasteiger partial charge in [0.05, 0.1) is 5.56 Å². The third-order valence-electron chi connectivity index (χ3n) is 6.37. The molecule has 0 fully saturated rings. The number of halogens is 4. The zero-order valence-corrected chi connectivity index (χ0v) is 20.0. The Morgan fingerprint density at radius 2 is 2.00 bits per heavy atom.